The predicted molar refractivity (Wildman–Crippen MR) is 172 cm³/mol. The minimum absolute atomic E-state index is 0.0482. The van der Waals surface area contributed by atoms with Crippen molar-refractivity contribution in [2.45, 2.75) is 67.6 Å². The molecule has 1 heterocycles. The Bertz CT molecular complexity index is 1410. The van der Waals surface area contributed by atoms with E-state index in [-0.39, 0.29) is 42.8 Å². The zero-order chi connectivity index (χ0) is 34.0. The molecule has 1 fully saturated rings. The SMILES string of the molecule is [B]C([B])(c1ccc(COc2cccc(C)c2CN(C=O)C(O)(C(=O)NC)C([B])([B])C([B])([B])C=O)c(F)c1)N1CC(C)OC(C)C1. The minimum Gasteiger partial charge on any atom is -0.488 e. The number of benzene rings is 2. The van der Waals surface area contributed by atoms with Crippen molar-refractivity contribution in [2.24, 2.45) is 0 Å². The van der Waals surface area contributed by atoms with Crippen molar-refractivity contribution < 1.29 is 33.4 Å². The van der Waals surface area contributed by atoms with Crippen molar-refractivity contribution in [2.75, 3.05) is 20.1 Å². The molecule has 2 amide bonds. The lowest BCUT2D eigenvalue weighted by molar-refractivity contribution is -0.174. The minimum atomic E-state index is -3.12. The number of morpholine rings is 1. The van der Waals surface area contributed by atoms with Crippen LogP contribution in [0.2, 0.25) is 10.4 Å². The monoisotopic (exact) mass is 603 g/mol. The molecule has 0 bridgehead atoms. The van der Waals surface area contributed by atoms with Gasteiger partial charge in [-0.1, -0.05) is 29.5 Å². The van der Waals surface area contributed by atoms with E-state index in [4.69, 9.17) is 56.6 Å². The van der Waals surface area contributed by atoms with Gasteiger partial charge in [-0.05, 0) is 54.6 Å². The van der Waals surface area contributed by atoms with Crippen LogP contribution in [0.3, 0.4) is 0 Å². The van der Waals surface area contributed by atoms with Gasteiger partial charge in [-0.3, -0.25) is 9.59 Å². The number of nitrogens with one attached hydrogen (secondary N) is 1. The van der Waals surface area contributed by atoms with Crippen LogP contribution in [-0.2, 0) is 37.6 Å². The standard InChI is InChI=1S/C29H32B6FN3O6/c1-17-6-5-7-24(22(17)13-39(16-41)27(43,25(42)37-4)29(34,35)26(30,31)15-40)44-14-20-8-9-21(10-23(20)36)28(32,33)38-11-18(2)45-19(3)12-38/h5-10,15-16,18-19,43H,11-14H2,1-4H3,(H,37,42). The van der Waals surface area contributed by atoms with Gasteiger partial charge in [-0.15, -0.1) is 0 Å². The van der Waals surface area contributed by atoms with Gasteiger partial charge in [0.25, 0.3) is 5.91 Å². The third-order valence-corrected chi connectivity index (χ3v) is 8.11. The topological polar surface area (TPSA) is 108 Å². The molecule has 2 N–H and O–H groups in total. The molecule has 0 spiro atoms. The van der Waals surface area contributed by atoms with E-state index in [1.807, 2.05) is 18.7 Å². The fourth-order valence-electron chi connectivity index (χ4n) is 5.27. The zero-order valence-corrected chi connectivity index (χ0v) is 25.8. The summed E-state index contributed by atoms with van der Waals surface area (Å²) in [6.45, 7) is 5.66. The van der Waals surface area contributed by atoms with Gasteiger partial charge in [0.15, 0.2) is 0 Å². The number of aldehydes is 1. The van der Waals surface area contributed by atoms with Crippen molar-refractivity contribution in [1.29, 1.82) is 0 Å². The zero-order valence-electron chi connectivity index (χ0n) is 25.8. The Hall–Kier alpha value is -2.95. The predicted octanol–water partition coefficient (Wildman–Crippen LogP) is -0.232. The first-order chi connectivity index (χ1) is 20.9. The maximum absolute atomic E-state index is 15.4. The maximum Gasteiger partial charge on any atom is 0.272 e. The van der Waals surface area contributed by atoms with Crippen molar-refractivity contribution in [3.8, 4) is 5.75 Å². The van der Waals surface area contributed by atoms with Crippen molar-refractivity contribution >= 4 is 65.7 Å². The highest BCUT2D eigenvalue weighted by Crippen LogP contribution is 2.50. The van der Waals surface area contributed by atoms with E-state index >= 15 is 4.39 Å². The third-order valence-electron chi connectivity index (χ3n) is 8.11. The number of hydrogen-bond acceptors (Lipinski definition) is 7. The molecule has 2 aromatic carbocycles. The lowest BCUT2D eigenvalue weighted by Gasteiger charge is -2.53. The average Bonchev–Trinajstić information content (AvgIpc) is 2.98. The quantitative estimate of drug-likeness (QED) is 0.185. The molecule has 9 nitrogen and oxygen atoms in total. The fraction of sp³-hybridized carbons (Fsp3) is 0.483. The molecule has 0 saturated carbocycles. The van der Waals surface area contributed by atoms with E-state index < -0.39 is 39.8 Å². The molecular formula is C29H32B6FN3O6. The van der Waals surface area contributed by atoms with Crippen LogP contribution in [0.4, 0.5) is 4.39 Å². The molecule has 12 radical (unpaired) electrons. The van der Waals surface area contributed by atoms with E-state index in [2.05, 4.69) is 5.32 Å². The van der Waals surface area contributed by atoms with Crippen molar-refractivity contribution in [1.82, 2.24) is 15.1 Å². The smallest absolute Gasteiger partial charge is 0.272 e. The second kappa shape index (κ2) is 13.8. The van der Waals surface area contributed by atoms with Crippen LogP contribution in [0.25, 0.3) is 0 Å². The number of amides is 2. The van der Waals surface area contributed by atoms with Gasteiger partial charge in [0.2, 0.25) is 12.1 Å². The molecule has 0 aliphatic carbocycles. The fourth-order valence-corrected chi connectivity index (χ4v) is 5.27. The Morgan fingerprint density at radius 1 is 1.13 bits per heavy atom. The first-order valence-electron chi connectivity index (χ1n) is 14.1. The van der Waals surface area contributed by atoms with Crippen LogP contribution in [0.5, 0.6) is 5.75 Å². The number of carbonyl (C=O) groups excluding carboxylic acids is 3. The Labute approximate surface area is 271 Å². The average molecular weight is 602 g/mol. The van der Waals surface area contributed by atoms with Gasteiger partial charge < -0.3 is 34.5 Å². The molecule has 224 valence electrons. The molecule has 0 aromatic heterocycles. The van der Waals surface area contributed by atoms with Crippen molar-refractivity contribution in [3.05, 3.63) is 64.5 Å². The van der Waals surface area contributed by atoms with E-state index in [1.165, 1.54) is 12.1 Å². The van der Waals surface area contributed by atoms with Gasteiger partial charge in [0, 0.05) is 31.3 Å². The number of nitrogens with zero attached hydrogens (tertiary/aromatic N) is 2. The summed E-state index contributed by atoms with van der Waals surface area (Å²) in [5.74, 6) is -1.71. The number of aryl methyl sites for hydroxylation is 1. The molecule has 1 aliphatic heterocycles. The molecular weight excluding hydrogens is 570 g/mol. The summed E-state index contributed by atoms with van der Waals surface area (Å²) < 4.78 is 27.1. The second-order valence-electron chi connectivity index (χ2n) is 11.5. The normalized spacial score (nSPS) is 19.2. The van der Waals surface area contributed by atoms with E-state index in [0.717, 1.165) is 7.05 Å². The number of rotatable bonds is 13. The highest BCUT2D eigenvalue weighted by Gasteiger charge is 2.58. The van der Waals surface area contributed by atoms with Gasteiger partial charge in [0.05, 0.1) is 65.8 Å². The van der Waals surface area contributed by atoms with Gasteiger partial charge in [-0.25, -0.2) is 4.39 Å². The molecule has 45 heavy (non-hydrogen) atoms. The van der Waals surface area contributed by atoms with Crippen LogP contribution in [0.1, 0.15) is 36.1 Å². The molecule has 1 aliphatic rings. The number of carbonyl (C=O) groups is 3. The Kier molecular flexibility index (Phi) is 11.2. The lowest BCUT2D eigenvalue weighted by atomic mass is 9.27. The Morgan fingerprint density at radius 2 is 1.76 bits per heavy atom. The van der Waals surface area contributed by atoms with E-state index in [0.29, 0.717) is 34.7 Å². The molecule has 3 rings (SSSR count). The summed E-state index contributed by atoms with van der Waals surface area (Å²) in [7, 11) is 37.5. The summed E-state index contributed by atoms with van der Waals surface area (Å²) in [5, 5.41) is 6.69. The van der Waals surface area contributed by atoms with Crippen LogP contribution < -0.4 is 10.1 Å². The number of hydrogen-bond donors (Lipinski definition) is 2. The second-order valence-corrected chi connectivity index (χ2v) is 11.5. The summed E-state index contributed by atoms with van der Waals surface area (Å²) in [6, 6.07) is 9.24. The van der Waals surface area contributed by atoms with Crippen LogP contribution >= 0.6 is 0 Å². The molecule has 1 saturated heterocycles. The molecule has 3 atom stereocenters. The summed E-state index contributed by atoms with van der Waals surface area (Å²) >= 11 is 0. The van der Waals surface area contributed by atoms with Gasteiger partial charge in [-0.2, -0.15) is 0 Å². The summed E-state index contributed by atoms with van der Waals surface area (Å²) in [6.07, 6.45) is -0.157. The summed E-state index contributed by atoms with van der Waals surface area (Å²) in [4.78, 5) is 39.3. The number of likely N-dealkylation sites (N-methyl/N-ethyl adjacent to an activating group) is 1. The lowest BCUT2D eigenvalue weighted by Crippen LogP contribution is -2.68. The van der Waals surface area contributed by atoms with Crippen LogP contribution in [0.15, 0.2) is 36.4 Å². The van der Waals surface area contributed by atoms with Gasteiger partial charge in [0.1, 0.15) is 24.5 Å². The largest absolute Gasteiger partial charge is 0.488 e. The van der Waals surface area contributed by atoms with Crippen molar-refractivity contribution in [3.63, 3.8) is 0 Å². The highest BCUT2D eigenvalue weighted by atomic mass is 19.1. The highest BCUT2D eigenvalue weighted by molar-refractivity contribution is 6.60. The molecule has 2 aromatic rings. The first-order valence-corrected chi connectivity index (χ1v) is 14.1. The Balaban J connectivity index is 1.90. The Morgan fingerprint density at radius 3 is 2.29 bits per heavy atom. The molecule has 16 heteroatoms. The number of halogens is 1. The van der Waals surface area contributed by atoms with Gasteiger partial charge >= 0.3 is 0 Å². The number of aliphatic hydroxyl groups is 1. The van der Waals surface area contributed by atoms with E-state index in [9.17, 15) is 19.5 Å². The first kappa shape index (κ1) is 36.5. The molecule has 3 unspecified atom stereocenters. The number of ether oxygens (including phenoxy) is 2. The van der Waals surface area contributed by atoms with Crippen LogP contribution in [-0.4, -0.2) is 119 Å². The van der Waals surface area contributed by atoms with E-state index in [1.54, 1.807) is 31.2 Å². The summed E-state index contributed by atoms with van der Waals surface area (Å²) in [5.41, 5.74) is -1.74. The maximum atomic E-state index is 15.4. The van der Waals surface area contributed by atoms with Crippen LogP contribution in [0, 0.1) is 12.7 Å². The third kappa shape index (κ3) is 7.08.